The van der Waals surface area contributed by atoms with Gasteiger partial charge >= 0.3 is 11.9 Å². The topological polar surface area (TPSA) is 137 Å². The van der Waals surface area contributed by atoms with Crippen LogP contribution in [0.4, 0.5) is 5.69 Å². The van der Waals surface area contributed by atoms with E-state index in [1.807, 2.05) is 18.2 Å². The molecule has 224 valence electrons. The molecule has 0 spiro atoms. The lowest BCUT2D eigenvalue weighted by molar-refractivity contribution is -0.384. The van der Waals surface area contributed by atoms with Gasteiger partial charge in [-0.15, -0.1) is 0 Å². The van der Waals surface area contributed by atoms with E-state index in [0.717, 1.165) is 45.2 Å². The van der Waals surface area contributed by atoms with Crippen LogP contribution in [-0.4, -0.2) is 47.6 Å². The van der Waals surface area contributed by atoms with E-state index in [9.17, 15) is 19.7 Å². The van der Waals surface area contributed by atoms with E-state index in [0.29, 0.717) is 17.7 Å². The smallest absolute Gasteiger partial charge is 0.338 e. The Bertz CT molecular complexity index is 1340. The maximum absolute atomic E-state index is 13.7. The molecule has 0 radical (unpaired) electrons. The van der Waals surface area contributed by atoms with Gasteiger partial charge in [0.1, 0.15) is 12.4 Å². The van der Waals surface area contributed by atoms with Crippen molar-refractivity contribution in [1.82, 2.24) is 10.2 Å². The molecule has 2 aromatic carbocycles. The second kappa shape index (κ2) is 14.6. The Kier molecular flexibility index (Phi) is 10.7. The molecule has 2 atom stereocenters. The summed E-state index contributed by atoms with van der Waals surface area (Å²) in [5.74, 6) is -2.23. The van der Waals surface area contributed by atoms with Gasteiger partial charge < -0.3 is 20.5 Å². The van der Waals surface area contributed by atoms with Gasteiger partial charge in [0.25, 0.3) is 5.69 Å². The predicted octanol–water partition coefficient (Wildman–Crippen LogP) is 5.06. The number of hydrogen-bond donors (Lipinski definition) is 2. The van der Waals surface area contributed by atoms with E-state index >= 15 is 0 Å². The number of nitro benzene ring substituents is 1. The number of hydrogen-bond acceptors (Lipinski definition) is 9. The molecule has 2 aromatic rings. The third-order valence-electron chi connectivity index (χ3n) is 7.81. The number of ether oxygens (including phenoxy) is 2. The number of dihydropyridines is 1. The lowest BCUT2D eigenvalue weighted by atomic mass is 9.81. The van der Waals surface area contributed by atoms with Crippen molar-refractivity contribution >= 4 is 17.6 Å². The first kappa shape index (κ1) is 30.8. The molecule has 1 fully saturated rings. The average Bonchev–Trinajstić information content (AvgIpc) is 3.42. The van der Waals surface area contributed by atoms with E-state index in [2.05, 4.69) is 29.3 Å². The van der Waals surface area contributed by atoms with Crippen molar-refractivity contribution in [3.05, 3.63) is 98.5 Å². The molecular formula is C32H40N4O6. The second-order valence-corrected chi connectivity index (χ2v) is 10.8. The molecule has 10 nitrogen and oxygen atoms in total. The molecule has 0 aromatic heterocycles. The fraction of sp³-hybridized carbons (Fsp3) is 0.438. The molecular weight excluding hydrogens is 536 g/mol. The van der Waals surface area contributed by atoms with Crippen LogP contribution in [0.5, 0.6) is 0 Å². The summed E-state index contributed by atoms with van der Waals surface area (Å²) < 4.78 is 11.5. The zero-order valence-corrected chi connectivity index (χ0v) is 24.3. The summed E-state index contributed by atoms with van der Waals surface area (Å²) in [5.41, 5.74) is 8.40. The van der Waals surface area contributed by atoms with E-state index in [1.54, 1.807) is 13.0 Å². The Morgan fingerprint density at radius 3 is 2.55 bits per heavy atom. The highest BCUT2D eigenvalue weighted by molar-refractivity contribution is 5.99. The Morgan fingerprint density at radius 2 is 1.81 bits per heavy atom. The van der Waals surface area contributed by atoms with Gasteiger partial charge in [-0.3, -0.25) is 15.0 Å². The molecule has 2 aliphatic heterocycles. The minimum atomic E-state index is -0.995. The zero-order chi connectivity index (χ0) is 30.1. The summed E-state index contributed by atoms with van der Waals surface area (Å²) in [7, 11) is 0. The number of non-ortho nitro benzene ring substituents is 1. The van der Waals surface area contributed by atoms with Crippen LogP contribution in [0.2, 0.25) is 0 Å². The number of nitrogens with zero attached hydrogens (tertiary/aromatic N) is 2. The quantitative estimate of drug-likeness (QED) is 0.145. The fourth-order valence-electron chi connectivity index (χ4n) is 5.63. The number of nitrogens with one attached hydrogen (secondary N) is 1. The fourth-order valence-corrected chi connectivity index (χ4v) is 5.63. The van der Waals surface area contributed by atoms with E-state index in [4.69, 9.17) is 15.2 Å². The van der Waals surface area contributed by atoms with Crippen molar-refractivity contribution in [2.75, 3.05) is 19.8 Å². The van der Waals surface area contributed by atoms with Gasteiger partial charge in [0.05, 0.1) is 28.6 Å². The van der Waals surface area contributed by atoms with Gasteiger partial charge in [0.15, 0.2) is 0 Å². The molecule has 10 heteroatoms. The molecule has 2 aliphatic rings. The number of carbonyl (C=O) groups is 2. The molecule has 42 heavy (non-hydrogen) atoms. The van der Waals surface area contributed by atoms with E-state index in [1.165, 1.54) is 23.8 Å². The SMILES string of the molecule is CCCCCCOC(=O)C1=C(C)NC(N)=C(C(=O)OCC2CCCN2Cc2ccccc2)C1c1cccc([N+](=O)[O-])c1. The van der Waals surface area contributed by atoms with Gasteiger partial charge in [-0.1, -0.05) is 68.7 Å². The van der Waals surface area contributed by atoms with Crippen molar-refractivity contribution in [3.63, 3.8) is 0 Å². The minimum absolute atomic E-state index is 0.0339. The Hall–Kier alpha value is -4.18. The number of allylic oxidation sites excluding steroid dienone is 1. The van der Waals surface area contributed by atoms with Crippen molar-refractivity contribution in [3.8, 4) is 0 Å². The van der Waals surface area contributed by atoms with Crippen molar-refractivity contribution in [2.45, 2.75) is 70.9 Å². The number of carbonyl (C=O) groups excluding carboxylic acids is 2. The summed E-state index contributed by atoms with van der Waals surface area (Å²) in [6, 6.07) is 16.1. The van der Waals surface area contributed by atoms with Gasteiger partial charge in [-0.2, -0.15) is 0 Å². The van der Waals surface area contributed by atoms with Crippen LogP contribution in [0.25, 0.3) is 0 Å². The van der Waals surface area contributed by atoms with Crippen molar-refractivity contribution in [2.24, 2.45) is 5.73 Å². The third kappa shape index (κ3) is 7.55. The van der Waals surface area contributed by atoms with E-state index < -0.39 is 22.8 Å². The molecule has 2 unspecified atom stereocenters. The molecule has 4 rings (SSSR count). The highest BCUT2D eigenvalue weighted by atomic mass is 16.6. The van der Waals surface area contributed by atoms with Crippen LogP contribution in [0.1, 0.15) is 69.4 Å². The molecule has 0 bridgehead atoms. The number of likely N-dealkylation sites (tertiary alicyclic amines) is 1. The van der Waals surface area contributed by atoms with Crippen LogP contribution in [0.15, 0.2) is 77.3 Å². The first-order valence-electron chi connectivity index (χ1n) is 14.6. The highest BCUT2D eigenvalue weighted by Gasteiger charge is 2.39. The minimum Gasteiger partial charge on any atom is -0.462 e. The number of esters is 2. The highest BCUT2D eigenvalue weighted by Crippen LogP contribution is 2.39. The van der Waals surface area contributed by atoms with Crippen molar-refractivity contribution < 1.29 is 24.0 Å². The van der Waals surface area contributed by atoms with Crippen LogP contribution in [0.3, 0.4) is 0 Å². The van der Waals surface area contributed by atoms with Gasteiger partial charge in [-0.05, 0) is 43.9 Å². The number of unbranched alkanes of at least 4 members (excludes halogenated alkanes) is 3. The monoisotopic (exact) mass is 576 g/mol. The molecule has 0 amide bonds. The second-order valence-electron chi connectivity index (χ2n) is 10.8. The maximum Gasteiger partial charge on any atom is 0.338 e. The Morgan fingerprint density at radius 1 is 1.05 bits per heavy atom. The van der Waals surface area contributed by atoms with Gasteiger partial charge in [0.2, 0.25) is 0 Å². The van der Waals surface area contributed by atoms with E-state index in [-0.39, 0.29) is 41.9 Å². The van der Waals surface area contributed by atoms with Crippen LogP contribution in [-0.2, 0) is 25.6 Å². The Balaban J connectivity index is 1.57. The predicted molar refractivity (Wildman–Crippen MR) is 159 cm³/mol. The van der Waals surface area contributed by atoms with Gasteiger partial charge in [0, 0.05) is 30.4 Å². The third-order valence-corrected chi connectivity index (χ3v) is 7.81. The number of nitrogens with two attached hydrogens (primary N) is 1. The standard InChI is InChI=1S/C32H40N4O6/c1-3-4-5-9-18-41-31(37)27-22(2)34-30(33)29(28(27)24-14-10-15-25(19-24)36(39)40)32(38)42-21-26-16-11-17-35(26)20-23-12-7-6-8-13-23/h6-8,10,12-15,19,26,28,34H,3-5,9,11,16-18,20-21,33H2,1-2H3. The largest absolute Gasteiger partial charge is 0.462 e. The van der Waals surface area contributed by atoms with Crippen molar-refractivity contribution in [1.29, 1.82) is 0 Å². The lowest BCUT2D eigenvalue weighted by Gasteiger charge is -2.30. The summed E-state index contributed by atoms with van der Waals surface area (Å²) in [4.78, 5) is 40.5. The first-order chi connectivity index (χ1) is 20.3. The molecule has 3 N–H and O–H groups in total. The molecule has 0 aliphatic carbocycles. The molecule has 2 heterocycles. The summed E-state index contributed by atoms with van der Waals surface area (Å²) in [6.07, 6.45) is 5.62. The number of benzene rings is 2. The van der Waals surface area contributed by atoms with Gasteiger partial charge in [-0.25, -0.2) is 9.59 Å². The summed E-state index contributed by atoms with van der Waals surface area (Å²) in [6.45, 7) is 5.81. The number of nitro groups is 1. The zero-order valence-electron chi connectivity index (χ0n) is 24.3. The normalized spacial score (nSPS) is 19.0. The Labute approximate surface area is 246 Å². The van der Waals surface area contributed by atoms with Crippen LogP contribution < -0.4 is 11.1 Å². The number of rotatable bonds is 13. The summed E-state index contributed by atoms with van der Waals surface area (Å²) in [5, 5.41) is 14.5. The maximum atomic E-state index is 13.7. The summed E-state index contributed by atoms with van der Waals surface area (Å²) >= 11 is 0. The molecule has 1 saturated heterocycles. The first-order valence-corrected chi connectivity index (χ1v) is 14.6. The van der Waals surface area contributed by atoms with Crippen LogP contribution >= 0.6 is 0 Å². The average molecular weight is 577 g/mol. The lowest BCUT2D eigenvalue weighted by Crippen LogP contribution is -2.38. The van der Waals surface area contributed by atoms with Crippen LogP contribution in [0, 0.1) is 10.1 Å². The molecule has 0 saturated carbocycles.